The van der Waals surface area contributed by atoms with Gasteiger partial charge in [-0.05, 0) is 60.7 Å². The minimum Gasteiger partial charge on any atom is -0.265 e. The Hall–Kier alpha value is -3.39. The largest absolute Gasteiger partial charge is 0.265 e. The van der Waals surface area contributed by atoms with Crippen LogP contribution in [0, 0.1) is 5.82 Å². The monoisotopic (exact) mass is 394 g/mol. The molecule has 0 N–H and O–H groups in total. The average Bonchev–Trinajstić information content (AvgIpc) is 3.14. The van der Waals surface area contributed by atoms with Gasteiger partial charge < -0.3 is 0 Å². The molecule has 0 spiro atoms. The van der Waals surface area contributed by atoms with Gasteiger partial charge in [0, 0.05) is 29.8 Å². The van der Waals surface area contributed by atoms with Crippen LogP contribution in [0.2, 0.25) is 0 Å². The molecule has 2 heterocycles. The van der Waals surface area contributed by atoms with Crippen molar-refractivity contribution in [1.29, 1.82) is 0 Å². The Kier molecular flexibility index (Phi) is 4.48. The van der Waals surface area contributed by atoms with Crippen LogP contribution >= 0.6 is 0 Å². The summed E-state index contributed by atoms with van der Waals surface area (Å²) in [4.78, 5) is 4.27. The van der Waals surface area contributed by atoms with Crippen LogP contribution < -0.4 is 0 Å². The van der Waals surface area contributed by atoms with Crippen LogP contribution in [0.1, 0.15) is 0 Å². The van der Waals surface area contributed by atoms with Crippen LogP contribution in [0.3, 0.4) is 0 Å². The summed E-state index contributed by atoms with van der Waals surface area (Å²) in [7, 11) is -3.29. The quantitative estimate of drug-likeness (QED) is 0.529. The van der Waals surface area contributed by atoms with Gasteiger partial charge in [0.15, 0.2) is 9.84 Å². The second kappa shape index (κ2) is 6.97. The highest BCUT2D eigenvalue weighted by atomic mass is 32.2. The summed E-state index contributed by atoms with van der Waals surface area (Å²) in [5.74, 6) is -0.335. The Morgan fingerprint density at radius 2 is 1.50 bits per heavy atom. The van der Waals surface area contributed by atoms with Crippen LogP contribution in [-0.4, -0.2) is 34.7 Å². The van der Waals surface area contributed by atoms with Crippen molar-refractivity contribution in [2.75, 3.05) is 6.26 Å². The molecular weight excluding hydrogens is 379 g/mol. The lowest BCUT2D eigenvalue weighted by Crippen LogP contribution is -2.02. The lowest BCUT2D eigenvalue weighted by molar-refractivity contribution is 0.602. The summed E-state index contributed by atoms with van der Waals surface area (Å²) >= 11 is 0. The standard InChI is InChI=1S/C20H15FN4O2S/c1-28(26,27)18-8-6-17(7-9-18)25-20(15-10-12-22-13-11-15)19(23-24-25)14-2-4-16(21)5-3-14/h2-13H,1H3. The van der Waals surface area contributed by atoms with Crippen molar-refractivity contribution >= 4 is 9.84 Å². The number of hydrogen-bond acceptors (Lipinski definition) is 5. The lowest BCUT2D eigenvalue weighted by atomic mass is 10.1. The number of rotatable bonds is 4. The Morgan fingerprint density at radius 3 is 2.11 bits per heavy atom. The third-order valence-electron chi connectivity index (χ3n) is 4.25. The van der Waals surface area contributed by atoms with E-state index in [0.29, 0.717) is 22.6 Å². The number of halogens is 1. The zero-order valence-corrected chi connectivity index (χ0v) is 15.6. The van der Waals surface area contributed by atoms with E-state index in [1.54, 1.807) is 41.3 Å². The maximum absolute atomic E-state index is 13.3. The second-order valence-corrected chi connectivity index (χ2v) is 8.22. The Bertz CT molecular complexity index is 1220. The van der Waals surface area contributed by atoms with Gasteiger partial charge in [-0.2, -0.15) is 0 Å². The van der Waals surface area contributed by atoms with Crippen molar-refractivity contribution < 1.29 is 12.8 Å². The first-order chi connectivity index (χ1) is 13.4. The molecule has 0 radical (unpaired) electrons. The minimum absolute atomic E-state index is 0.223. The molecule has 0 aliphatic rings. The summed E-state index contributed by atoms with van der Waals surface area (Å²) in [6, 6.07) is 16.1. The molecule has 2 aromatic carbocycles. The highest BCUT2D eigenvalue weighted by molar-refractivity contribution is 7.90. The Labute approximate surface area is 161 Å². The fourth-order valence-electron chi connectivity index (χ4n) is 2.87. The summed E-state index contributed by atoms with van der Waals surface area (Å²) in [5, 5.41) is 8.55. The van der Waals surface area contributed by atoms with Gasteiger partial charge in [0.25, 0.3) is 0 Å². The average molecular weight is 394 g/mol. The van der Waals surface area contributed by atoms with E-state index in [2.05, 4.69) is 15.3 Å². The van der Waals surface area contributed by atoms with Gasteiger partial charge in [0.1, 0.15) is 17.2 Å². The van der Waals surface area contributed by atoms with Crippen LogP contribution in [0.15, 0.2) is 78.0 Å². The summed E-state index contributed by atoms with van der Waals surface area (Å²) < 4.78 is 38.4. The van der Waals surface area contributed by atoms with Crippen LogP contribution in [-0.2, 0) is 9.84 Å². The molecular formula is C20H15FN4O2S. The second-order valence-electron chi connectivity index (χ2n) is 6.21. The smallest absolute Gasteiger partial charge is 0.175 e. The minimum atomic E-state index is -3.29. The first-order valence-electron chi connectivity index (χ1n) is 8.36. The van der Waals surface area contributed by atoms with E-state index >= 15 is 0 Å². The molecule has 6 nitrogen and oxygen atoms in total. The van der Waals surface area contributed by atoms with Crippen molar-refractivity contribution in [3.8, 4) is 28.2 Å². The SMILES string of the molecule is CS(=O)(=O)c1ccc(-n2nnc(-c3ccc(F)cc3)c2-c2ccncc2)cc1. The molecule has 4 rings (SSSR count). The molecule has 28 heavy (non-hydrogen) atoms. The molecule has 0 atom stereocenters. The topological polar surface area (TPSA) is 77.7 Å². The lowest BCUT2D eigenvalue weighted by Gasteiger charge is -2.09. The summed E-state index contributed by atoms with van der Waals surface area (Å²) in [5.41, 5.74) is 3.47. The molecule has 2 aromatic heterocycles. The zero-order chi connectivity index (χ0) is 19.7. The number of pyridine rings is 1. The molecule has 0 unspecified atom stereocenters. The fourth-order valence-corrected chi connectivity index (χ4v) is 3.50. The molecule has 0 saturated heterocycles. The van der Waals surface area contributed by atoms with Gasteiger partial charge in [0.2, 0.25) is 0 Å². The molecule has 0 bridgehead atoms. The zero-order valence-electron chi connectivity index (χ0n) is 14.8. The van der Waals surface area contributed by atoms with E-state index in [-0.39, 0.29) is 10.7 Å². The molecule has 0 fully saturated rings. The summed E-state index contributed by atoms with van der Waals surface area (Å²) in [6.07, 6.45) is 4.48. The van der Waals surface area contributed by atoms with Gasteiger partial charge in [-0.1, -0.05) is 5.21 Å². The normalized spacial score (nSPS) is 11.5. The van der Waals surface area contributed by atoms with Gasteiger partial charge in [-0.25, -0.2) is 17.5 Å². The van der Waals surface area contributed by atoms with Gasteiger partial charge in [0.05, 0.1) is 10.6 Å². The Balaban J connectivity index is 1.90. The third-order valence-corrected chi connectivity index (χ3v) is 5.38. The molecule has 140 valence electrons. The maximum Gasteiger partial charge on any atom is 0.175 e. The number of nitrogens with zero attached hydrogens (tertiary/aromatic N) is 4. The van der Waals surface area contributed by atoms with Crippen molar-refractivity contribution in [2.45, 2.75) is 4.90 Å². The van der Waals surface area contributed by atoms with Gasteiger partial charge in [-0.3, -0.25) is 4.98 Å². The van der Waals surface area contributed by atoms with E-state index < -0.39 is 9.84 Å². The van der Waals surface area contributed by atoms with Crippen LogP contribution in [0.4, 0.5) is 4.39 Å². The van der Waals surface area contributed by atoms with Crippen molar-refractivity contribution in [2.24, 2.45) is 0 Å². The molecule has 0 aliphatic heterocycles. The molecule has 0 aliphatic carbocycles. The van der Waals surface area contributed by atoms with Crippen molar-refractivity contribution in [1.82, 2.24) is 20.0 Å². The van der Waals surface area contributed by atoms with E-state index in [1.807, 2.05) is 12.1 Å². The van der Waals surface area contributed by atoms with Crippen molar-refractivity contribution in [3.63, 3.8) is 0 Å². The predicted molar refractivity (Wildman–Crippen MR) is 103 cm³/mol. The first kappa shape index (κ1) is 18.0. The van der Waals surface area contributed by atoms with Crippen LogP contribution in [0.25, 0.3) is 28.2 Å². The van der Waals surface area contributed by atoms with E-state index in [4.69, 9.17) is 0 Å². The number of sulfone groups is 1. The van der Waals surface area contributed by atoms with E-state index in [0.717, 1.165) is 11.8 Å². The van der Waals surface area contributed by atoms with E-state index in [1.165, 1.54) is 24.3 Å². The molecule has 4 aromatic rings. The fraction of sp³-hybridized carbons (Fsp3) is 0.0500. The summed E-state index contributed by atoms with van der Waals surface area (Å²) in [6.45, 7) is 0. The molecule has 0 saturated carbocycles. The van der Waals surface area contributed by atoms with Gasteiger partial charge in [-0.15, -0.1) is 5.10 Å². The highest BCUT2D eigenvalue weighted by Crippen LogP contribution is 2.32. The van der Waals surface area contributed by atoms with Crippen molar-refractivity contribution in [3.05, 3.63) is 78.9 Å². The predicted octanol–water partition coefficient (Wildman–Crippen LogP) is 3.54. The molecule has 8 heteroatoms. The van der Waals surface area contributed by atoms with Crippen LogP contribution in [0.5, 0.6) is 0 Å². The first-order valence-corrected chi connectivity index (χ1v) is 10.3. The van der Waals surface area contributed by atoms with E-state index in [9.17, 15) is 12.8 Å². The number of aromatic nitrogens is 4. The number of benzene rings is 2. The Morgan fingerprint density at radius 1 is 0.857 bits per heavy atom. The third kappa shape index (κ3) is 3.41. The highest BCUT2D eigenvalue weighted by Gasteiger charge is 2.18. The molecule has 0 amide bonds. The number of hydrogen-bond donors (Lipinski definition) is 0. The van der Waals surface area contributed by atoms with Gasteiger partial charge >= 0.3 is 0 Å². The maximum atomic E-state index is 13.3.